The zero-order valence-electron chi connectivity index (χ0n) is 9.65. The van der Waals surface area contributed by atoms with Crippen molar-refractivity contribution in [2.45, 2.75) is 5.25 Å². The number of nitrogens with zero attached hydrogens (tertiary/aromatic N) is 1. The molecule has 0 radical (unpaired) electrons. The summed E-state index contributed by atoms with van der Waals surface area (Å²) in [6.07, 6.45) is 1.15. The average molecular weight is 281 g/mol. The van der Waals surface area contributed by atoms with Gasteiger partial charge in [-0.3, -0.25) is 9.35 Å². The number of rotatable bonds is 4. The summed E-state index contributed by atoms with van der Waals surface area (Å²) in [7, 11) is -4.49. The third kappa shape index (κ3) is 2.64. The lowest BCUT2D eigenvalue weighted by molar-refractivity contribution is 0.0995. The minimum atomic E-state index is -4.49. The van der Waals surface area contributed by atoms with Crippen molar-refractivity contribution in [2.24, 2.45) is 5.73 Å². The number of nitrogens with two attached hydrogens (primary N) is 1. The lowest BCUT2D eigenvalue weighted by Crippen LogP contribution is -2.20. The molecule has 0 fully saturated rings. The standard InChI is InChI=1S/C11H11N3O4S/c12-11(15)9-8(13-6-14-9)10(19(16,17)18)7-4-2-1-3-5-7/h1-6,10H,(H2,12,15)(H,13,14)(H,16,17,18). The Hall–Kier alpha value is -2.19. The summed E-state index contributed by atoms with van der Waals surface area (Å²) in [4.78, 5) is 17.5. The molecule has 0 bridgehead atoms. The second kappa shape index (κ2) is 4.82. The van der Waals surface area contributed by atoms with Gasteiger partial charge in [-0.25, -0.2) is 4.98 Å². The van der Waals surface area contributed by atoms with E-state index in [2.05, 4.69) is 9.97 Å². The van der Waals surface area contributed by atoms with Gasteiger partial charge in [-0.1, -0.05) is 30.3 Å². The van der Waals surface area contributed by atoms with Crippen LogP contribution in [0.3, 0.4) is 0 Å². The number of carbonyl (C=O) groups is 1. The number of hydrogen-bond donors (Lipinski definition) is 3. The fraction of sp³-hybridized carbons (Fsp3) is 0.0909. The maximum atomic E-state index is 11.6. The van der Waals surface area contributed by atoms with Crippen LogP contribution in [0.2, 0.25) is 0 Å². The van der Waals surface area contributed by atoms with E-state index >= 15 is 0 Å². The van der Waals surface area contributed by atoms with Crippen LogP contribution in [0.5, 0.6) is 0 Å². The first-order valence-electron chi connectivity index (χ1n) is 5.25. The normalized spacial score (nSPS) is 13.1. The topological polar surface area (TPSA) is 126 Å². The fourth-order valence-electron chi connectivity index (χ4n) is 1.80. The van der Waals surface area contributed by atoms with Crippen LogP contribution in [0.15, 0.2) is 36.7 Å². The minimum Gasteiger partial charge on any atom is -0.364 e. The number of primary amides is 1. The molecule has 4 N–H and O–H groups in total. The molecule has 1 unspecified atom stereocenters. The van der Waals surface area contributed by atoms with Gasteiger partial charge >= 0.3 is 0 Å². The van der Waals surface area contributed by atoms with Crippen LogP contribution in [0, 0.1) is 0 Å². The van der Waals surface area contributed by atoms with Gasteiger partial charge in [-0.15, -0.1) is 0 Å². The first-order chi connectivity index (χ1) is 8.91. The van der Waals surface area contributed by atoms with E-state index < -0.39 is 21.3 Å². The molecule has 7 nitrogen and oxygen atoms in total. The second-order valence-corrected chi connectivity index (χ2v) is 5.33. The molecule has 0 saturated heterocycles. The molecule has 100 valence electrons. The number of imidazole rings is 1. The first kappa shape index (κ1) is 13.2. The third-order valence-electron chi connectivity index (χ3n) is 2.56. The van der Waals surface area contributed by atoms with E-state index in [-0.39, 0.29) is 11.4 Å². The van der Waals surface area contributed by atoms with E-state index in [0.717, 1.165) is 6.33 Å². The predicted octanol–water partition coefficient (Wildman–Crippen LogP) is 0.486. The Bertz CT molecular complexity index is 694. The zero-order chi connectivity index (χ0) is 14.0. The molecule has 8 heteroatoms. The summed E-state index contributed by atoms with van der Waals surface area (Å²) in [6.45, 7) is 0. The van der Waals surface area contributed by atoms with Gasteiger partial charge in [-0.2, -0.15) is 8.42 Å². The van der Waals surface area contributed by atoms with Crippen LogP contribution in [-0.4, -0.2) is 28.8 Å². The summed E-state index contributed by atoms with van der Waals surface area (Å²) in [5, 5.41) is -1.46. The van der Waals surface area contributed by atoms with Crippen LogP contribution >= 0.6 is 0 Å². The fourth-order valence-corrected chi connectivity index (χ4v) is 2.76. The Morgan fingerprint density at radius 1 is 1.32 bits per heavy atom. The van der Waals surface area contributed by atoms with Crippen molar-refractivity contribution in [1.82, 2.24) is 9.97 Å². The number of aromatic nitrogens is 2. The van der Waals surface area contributed by atoms with Crippen molar-refractivity contribution in [2.75, 3.05) is 0 Å². The number of aromatic amines is 1. The maximum Gasteiger partial charge on any atom is 0.277 e. The van der Waals surface area contributed by atoms with E-state index in [1.54, 1.807) is 18.2 Å². The Balaban J connectivity index is 2.64. The molecule has 0 spiro atoms. The highest BCUT2D eigenvalue weighted by atomic mass is 32.2. The van der Waals surface area contributed by atoms with Gasteiger partial charge in [0.25, 0.3) is 16.0 Å². The van der Waals surface area contributed by atoms with E-state index in [9.17, 15) is 17.8 Å². The lowest BCUT2D eigenvalue weighted by atomic mass is 10.1. The van der Waals surface area contributed by atoms with E-state index in [1.807, 2.05) is 0 Å². The van der Waals surface area contributed by atoms with Crippen LogP contribution in [0.1, 0.15) is 27.0 Å². The van der Waals surface area contributed by atoms with Crippen molar-refractivity contribution in [3.8, 4) is 0 Å². The number of hydrogen-bond acceptors (Lipinski definition) is 4. The Morgan fingerprint density at radius 2 is 1.95 bits per heavy atom. The molecule has 2 aromatic rings. The van der Waals surface area contributed by atoms with Gasteiger partial charge in [-0.05, 0) is 5.56 Å². The summed E-state index contributed by atoms with van der Waals surface area (Å²) >= 11 is 0. The van der Waals surface area contributed by atoms with Gasteiger partial charge in [0, 0.05) is 0 Å². The van der Waals surface area contributed by atoms with Crippen molar-refractivity contribution in [3.63, 3.8) is 0 Å². The molecule has 1 amide bonds. The minimum absolute atomic E-state index is 0.124. The molecular formula is C11H11N3O4S. The first-order valence-corrected chi connectivity index (χ1v) is 6.76. The average Bonchev–Trinajstić information content (AvgIpc) is 2.77. The van der Waals surface area contributed by atoms with Gasteiger partial charge < -0.3 is 10.7 Å². The van der Waals surface area contributed by atoms with Crippen molar-refractivity contribution in [1.29, 1.82) is 0 Å². The van der Waals surface area contributed by atoms with Crippen LogP contribution in [0.4, 0.5) is 0 Å². The van der Waals surface area contributed by atoms with Crippen LogP contribution in [0.25, 0.3) is 0 Å². The van der Waals surface area contributed by atoms with Crippen molar-refractivity contribution < 1.29 is 17.8 Å². The Kier molecular flexibility index (Phi) is 3.36. The molecule has 0 saturated carbocycles. The Labute approximate surface area is 109 Å². The quantitative estimate of drug-likeness (QED) is 0.703. The highest BCUT2D eigenvalue weighted by Gasteiger charge is 2.32. The van der Waals surface area contributed by atoms with E-state index in [4.69, 9.17) is 5.73 Å². The number of nitrogens with one attached hydrogen (secondary N) is 1. The molecule has 0 aliphatic carbocycles. The van der Waals surface area contributed by atoms with E-state index in [1.165, 1.54) is 12.1 Å². The lowest BCUT2D eigenvalue weighted by Gasteiger charge is -2.13. The molecule has 1 heterocycles. The predicted molar refractivity (Wildman–Crippen MR) is 66.9 cm³/mol. The number of H-pyrrole nitrogens is 1. The van der Waals surface area contributed by atoms with Gasteiger partial charge in [0.1, 0.15) is 5.69 Å². The molecule has 0 aliphatic rings. The second-order valence-electron chi connectivity index (χ2n) is 3.83. The number of carbonyl (C=O) groups excluding carboxylic acids is 1. The molecule has 1 atom stereocenters. The SMILES string of the molecule is NC(=O)c1[nH]cnc1C(c1ccccc1)S(=O)(=O)O. The van der Waals surface area contributed by atoms with Crippen LogP contribution < -0.4 is 5.73 Å². The molecule has 19 heavy (non-hydrogen) atoms. The smallest absolute Gasteiger partial charge is 0.277 e. The Morgan fingerprint density at radius 3 is 2.47 bits per heavy atom. The summed E-state index contributed by atoms with van der Waals surface area (Å²) in [5.41, 5.74) is 5.15. The molecule has 2 rings (SSSR count). The monoisotopic (exact) mass is 281 g/mol. The zero-order valence-corrected chi connectivity index (χ0v) is 10.5. The van der Waals surface area contributed by atoms with Crippen molar-refractivity contribution in [3.05, 3.63) is 53.6 Å². The van der Waals surface area contributed by atoms with Gasteiger partial charge in [0.2, 0.25) is 0 Å². The molecule has 0 aliphatic heterocycles. The summed E-state index contributed by atoms with van der Waals surface area (Å²) in [5.74, 6) is -0.850. The molecule has 1 aromatic carbocycles. The molecular weight excluding hydrogens is 270 g/mol. The highest BCUT2D eigenvalue weighted by Crippen LogP contribution is 2.29. The maximum absolute atomic E-state index is 11.6. The summed E-state index contributed by atoms with van der Waals surface area (Å²) in [6, 6.07) is 7.95. The van der Waals surface area contributed by atoms with Gasteiger partial charge in [0.15, 0.2) is 5.25 Å². The molecule has 1 aromatic heterocycles. The third-order valence-corrected chi connectivity index (χ3v) is 3.65. The van der Waals surface area contributed by atoms with Gasteiger partial charge in [0.05, 0.1) is 12.0 Å². The number of amides is 1. The van der Waals surface area contributed by atoms with E-state index in [0.29, 0.717) is 5.56 Å². The van der Waals surface area contributed by atoms with Crippen LogP contribution in [-0.2, 0) is 10.1 Å². The largest absolute Gasteiger partial charge is 0.364 e. The van der Waals surface area contributed by atoms with Crippen molar-refractivity contribution >= 4 is 16.0 Å². The highest BCUT2D eigenvalue weighted by molar-refractivity contribution is 7.86. The summed E-state index contributed by atoms with van der Waals surface area (Å²) < 4.78 is 32.5. The number of benzene rings is 1.